The van der Waals surface area contributed by atoms with Crippen molar-refractivity contribution in [2.45, 2.75) is 17.9 Å². The first kappa shape index (κ1) is 22.2. The Morgan fingerprint density at radius 2 is 1.91 bits per heavy atom. The first-order valence-electron chi connectivity index (χ1n) is 9.73. The summed E-state index contributed by atoms with van der Waals surface area (Å²) in [6, 6.07) is 13.0. The van der Waals surface area contributed by atoms with E-state index in [1.807, 2.05) is 0 Å². The van der Waals surface area contributed by atoms with E-state index in [2.05, 4.69) is 10.3 Å². The van der Waals surface area contributed by atoms with Gasteiger partial charge in [-0.05, 0) is 42.8 Å². The fraction of sp³-hybridized carbons (Fsp3) is 0.182. The molecule has 0 bridgehead atoms. The standard InChI is InChI=1S/C22H20ClFN4O3S/c1-13-20(27-18-4-2-3-16(23)9-18)19(10-26-21(13)32(25,30)31)22(29)28-11-15(12-28)14-5-7-17(24)8-6-14/h2-10,15H,11-12H2,1H3,(H,26,27)(H2,25,30,31). The third-order valence-electron chi connectivity index (χ3n) is 5.38. The number of nitrogens with one attached hydrogen (secondary N) is 1. The maximum Gasteiger partial charge on any atom is 0.257 e. The fourth-order valence-electron chi connectivity index (χ4n) is 3.67. The Hall–Kier alpha value is -3.01. The van der Waals surface area contributed by atoms with Crippen molar-refractivity contribution in [3.8, 4) is 0 Å². The molecule has 0 saturated carbocycles. The molecule has 0 spiro atoms. The number of primary sulfonamides is 1. The second kappa shape index (κ2) is 8.50. The van der Waals surface area contributed by atoms with Crippen molar-refractivity contribution < 1.29 is 17.6 Å². The average molecular weight is 475 g/mol. The van der Waals surface area contributed by atoms with Crippen LogP contribution in [0.2, 0.25) is 5.02 Å². The number of sulfonamides is 1. The molecule has 10 heteroatoms. The van der Waals surface area contributed by atoms with Crippen LogP contribution in [0.25, 0.3) is 0 Å². The first-order valence-corrected chi connectivity index (χ1v) is 11.7. The SMILES string of the molecule is Cc1c(S(N)(=O)=O)ncc(C(=O)N2CC(c3ccc(F)cc3)C2)c1Nc1cccc(Cl)c1. The molecule has 1 aliphatic heterocycles. The van der Waals surface area contributed by atoms with Gasteiger partial charge in [0.05, 0.1) is 11.3 Å². The van der Waals surface area contributed by atoms with Crippen molar-refractivity contribution in [2.75, 3.05) is 18.4 Å². The molecule has 0 atom stereocenters. The minimum atomic E-state index is -4.09. The largest absolute Gasteiger partial charge is 0.354 e. The molecule has 7 nitrogen and oxygen atoms in total. The molecule has 1 aromatic heterocycles. The van der Waals surface area contributed by atoms with Gasteiger partial charge in [0.25, 0.3) is 15.9 Å². The Balaban J connectivity index is 1.65. The van der Waals surface area contributed by atoms with Gasteiger partial charge in [0.15, 0.2) is 5.03 Å². The Bertz CT molecular complexity index is 1290. The second-order valence-electron chi connectivity index (χ2n) is 7.62. The molecule has 0 radical (unpaired) electrons. The number of nitrogens with zero attached hydrogens (tertiary/aromatic N) is 2. The lowest BCUT2D eigenvalue weighted by molar-refractivity contribution is 0.0602. The first-order chi connectivity index (χ1) is 15.1. The van der Waals surface area contributed by atoms with Crippen LogP contribution in [-0.2, 0) is 10.0 Å². The summed E-state index contributed by atoms with van der Waals surface area (Å²) < 4.78 is 37.1. The average Bonchev–Trinajstić information content (AvgIpc) is 2.68. The van der Waals surface area contributed by atoms with E-state index in [0.29, 0.717) is 29.5 Å². The van der Waals surface area contributed by atoms with Crippen LogP contribution in [0.1, 0.15) is 27.4 Å². The highest BCUT2D eigenvalue weighted by atomic mass is 35.5. The lowest BCUT2D eigenvalue weighted by atomic mass is 9.90. The molecule has 4 rings (SSSR count). The van der Waals surface area contributed by atoms with Gasteiger partial charge >= 0.3 is 0 Å². The Labute approximate surface area is 190 Å². The maximum atomic E-state index is 13.2. The summed E-state index contributed by atoms with van der Waals surface area (Å²) in [7, 11) is -4.09. The summed E-state index contributed by atoms with van der Waals surface area (Å²) in [5.41, 5.74) is 2.27. The van der Waals surface area contributed by atoms with Gasteiger partial charge in [0.2, 0.25) is 0 Å². The lowest BCUT2D eigenvalue weighted by Crippen LogP contribution is -2.48. The number of amides is 1. The van der Waals surface area contributed by atoms with E-state index in [4.69, 9.17) is 16.7 Å². The fourth-order valence-corrected chi connectivity index (χ4v) is 4.59. The molecule has 2 aromatic carbocycles. The minimum absolute atomic E-state index is 0.0987. The Kier molecular flexibility index (Phi) is 5.89. The quantitative estimate of drug-likeness (QED) is 0.585. The van der Waals surface area contributed by atoms with E-state index >= 15 is 0 Å². The van der Waals surface area contributed by atoms with Crippen LogP contribution in [0.4, 0.5) is 15.8 Å². The van der Waals surface area contributed by atoms with Crippen LogP contribution in [0.15, 0.2) is 59.8 Å². The monoisotopic (exact) mass is 474 g/mol. The zero-order chi connectivity index (χ0) is 23.0. The minimum Gasteiger partial charge on any atom is -0.354 e. The number of anilines is 2. The van der Waals surface area contributed by atoms with Gasteiger partial charge in [0.1, 0.15) is 5.82 Å². The Morgan fingerprint density at radius 3 is 2.53 bits per heavy atom. The molecule has 2 heterocycles. The number of rotatable bonds is 5. The third-order valence-corrected chi connectivity index (χ3v) is 6.57. The van der Waals surface area contributed by atoms with Gasteiger partial charge < -0.3 is 10.2 Å². The van der Waals surface area contributed by atoms with Gasteiger partial charge in [-0.25, -0.2) is 22.9 Å². The molecule has 1 saturated heterocycles. The molecule has 3 aromatic rings. The number of nitrogens with two attached hydrogens (primary N) is 1. The molecule has 1 fully saturated rings. The van der Waals surface area contributed by atoms with Gasteiger partial charge in [-0.15, -0.1) is 0 Å². The van der Waals surface area contributed by atoms with Crippen molar-refractivity contribution in [3.05, 3.63) is 82.3 Å². The zero-order valence-electron chi connectivity index (χ0n) is 17.0. The second-order valence-corrected chi connectivity index (χ2v) is 9.53. The van der Waals surface area contributed by atoms with Crippen LogP contribution in [-0.4, -0.2) is 37.3 Å². The number of carbonyl (C=O) groups is 1. The van der Waals surface area contributed by atoms with E-state index in [1.54, 1.807) is 41.3 Å². The third kappa shape index (κ3) is 4.45. The van der Waals surface area contributed by atoms with Crippen LogP contribution >= 0.6 is 11.6 Å². The van der Waals surface area contributed by atoms with Crippen LogP contribution in [0, 0.1) is 12.7 Å². The van der Waals surface area contributed by atoms with E-state index in [1.165, 1.54) is 25.3 Å². The van der Waals surface area contributed by atoms with Gasteiger partial charge in [-0.3, -0.25) is 4.79 Å². The van der Waals surface area contributed by atoms with Gasteiger partial charge in [-0.1, -0.05) is 29.8 Å². The number of pyridine rings is 1. The molecule has 0 unspecified atom stereocenters. The number of hydrogen-bond donors (Lipinski definition) is 2. The number of likely N-dealkylation sites (tertiary alicyclic amines) is 1. The Morgan fingerprint density at radius 1 is 1.22 bits per heavy atom. The van der Waals surface area contributed by atoms with Crippen molar-refractivity contribution >= 4 is 38.9 Å². The van der Waals surface area contributed by atoms with E-state index < -0.39 is 10.0 Å². The summed E-state index contributed by atoms with van der Waals surface area (Å²) in [5.74, 6) is -0.514. The van der Waals surface area contributed by atoms with E-state index in [0.717, 1.165) is 5.56 Å². The molecule has 1 aliphatic rings. The number of aromatic nitrogens is 1. The number of carbonyl (C=O) groups excluding carboxylic acids is 1. The summed E-state index contributed by atoms with van der Waals surface area (Å²) in [4.78, 5) is 18.8. The number of halogens is 2. The van der Waals surface area contributed by atoms with Crippen molar-refractivity contribution in [1.82, 2.24) is 9.88 Å². The van der Waals surface area contributed by atoms with Gasteiger partial charge in [0, 0.05) is 41.5 Å². The van der Waals surface area contributed by atoms with Crippen molar-refractivity contribution in [3.63, 3.8) is 0 Å². The summed E-state index contributed by atoms with van der Waals surface area (Å²) in [6.07, 6.45) is 1.22. The van der Waals surface area contributed by atoms with E-state index in [-0.39, 0.29) is 33.8 Å². The highest BCUT2D eigenvalue weighted by molar-refractivity contribution is 7.89. The van der Waals surface area contributed by atoms with Crippen LogP contribution in [0.3, 0.4) is 0 Å². The van der Waals surface area contributed by atoms with Crippen LogP contribution < -0.4 is 10.5 Å². The molecular formula is C22H20ClFN4O3S. The summed E-state index contributed by atoms with van der Waals surface area (Å²) >= 11 is 6.06. The maximum absolute atomic E-state index is 13.2. The molecule has 166 valence electrons. The molecule has 32 heavy (non-hydrogen) atoms. The molecule has 1 amide bonds. The topological polar surface area (TPSA) is 105 Å². The highest BCUT2D eigenvalue weighted by Crippen LogP contribution is 2.33. The number of benzene rings is 2. The van der Waals surface area contributed by atoms with Crippen molar-refractivity contribution in [2.24, 2.45) is 5.14 Å². The zero-order valence-corrected chi connectivity index (χ0v) is 18.6. The lowest BCUT2D eigenvalue weighted by Gasteiger charge is -2.40. The number of hydrogen-bond acceptors (Lipinski definition) is 5. The summed E-state index contributed by atoms with van der Waals surface area (Å²) in [5, 5.41) is 8.56. The summed E-state index contributed by atoms with van der Waals surface area (Å²) in [6.45, 7) is 2.45. The van der Waals surface area contributed by atoms with Crippen LogP contribution in [0.5, 0.6) is 0 Å². The molecule has 0 aliphatic carbocycles. The molecule has 3 N–H and O–H groups in total. The van der Waals surface area contributed by atoms with Gasteiger partial charge in [-0.2, -0.15) is 0 Å². The van der Waals surface area contributed by atoms with E-state index in [9.17, 15) is 17.6 Å². The predicted octanol–water partition coefficient (Wildman–Crippen LogP) is 3.81. The van der Waals surface area contributed by atoms with Crippen molar-refractivity contribution in [1.29, 1.82) is 0 Å². The highest BCUT2D eigenvalue weighted by Gasteiger charge is 2.34. The normalized spacial score (nSPS) is 14.2. The molecular weight excluding hydrogens is 455 g/mol. The smallest absolute Gasteiger partial charge is 0.257 e. The predicted molar refractivity (Wildman–Crippen MR) is 120 cm³/mol.